The van der Waals surface area contributed by atoms with Crippen LogP contribution in [0.5, 0.6) is 5.75 Å². The minimum Gasteiger partial charge on any atom is -0.543 e. The maximum atomic E-state index is 6.35. The van der Waals surface area contributed by atoms with E-state index in [1.807, 2.05) is 0 Å². The van der Waals surface area contributed by atoms with Gasteiger partial charge in [-0.15, -0.1) is 0 Å². The summed E-state index contributed by atoms with van der Waals surface area (Å²) in [5, 5.41) is 0. The maximum absolute atomic E-state index is 6.35. The molecular weight excluding hydrogens is 328 g/mol. The smallest absolute Gasteiger partial charge is 0.242 e. The van der Waals surface area contributed by atoms with E-state index in [0.717, 1.165) is 10.2 Å². The van der Waals surface area contributed by atoms with Crippen molar-refractivity contribution in [3.63, 3.8) is 0 Å². The maximum Gasteiger partial charge on any atom is 0.242 e. The zero-order valence-electron chi connectivity index (χ0n) is 14.4. The van der Waals surface area contributed by atoms with Gasteiger partial charge >= 0.3 is 0 Å². The second-order valence-electron chi connectivity index (χ2n) is 8.55. The van der Waals surface area contributed by atoms with Crippen molar-refractivity contribution in [3.05, 3.63) is 27.7 Å². The number of hydrogen-bond acceptors (Lipinski definition) is 1. The molecule has 1 aromatic rings. The van der Waals surface area contributed by atoms with Crippen LogP contribution in [0.1, 0.15) is 52.7 Å². The standard InChI is InChI=1S/C17H29BrOSi/c1-16(2,3)12-10-13(17(4,5)6)15(14(18)11-12)19-20(7,8)9/h10-11H,1-9H3. The molecule has 0 unspecified atom stereocenters. The van der Waals surface area contributed by atoms with Crippen LogP contribution < -0.4 is 4.43 Å². The van der Waals surface area contributed by atoms with Crippen LogP contribution in [0.3, 0.4) is 0 Å². The van der Waals surface area contributed by atoms with Gasteiger partial charge in [-0.25, -0.2) is 0 Å². The monoisotopic (exact) mass is 356 g/mol. The van der Waals surface area contributed by atoms with Gasteiger partial charge < -0.3 is 4.43 Å². The molecule has 0 aliphatic heterocycles. The van der Waals surface area contributed by atoms with Gasteiger partial charge in [-0.1, -0.05) is 47.6 Å². The van der Waals surface area contributed by atoms with Crippen molar-refractivity contribution in [2.24, 2.45) is 0 Å². The summed E-state index contributed by atoms with van der Waals surface area (Å²) in [6.07, 6.45) is 0. The molecule has 0 aliphatic rings. The summed E-state index contributed by atoms with van der Waals surface area (Å²) < 4.78 is 7.43. The summed E-state index contributed by atoms with van der Waals surface area (Å²) >= 11 is 3.73. The third kappa shape index (κ3) is 4.63. The van der Waals surface area contributed by atoms with E-state index in [4.69, 9.17) is 4.43 Å². The Morgan fingerprint density at radius 1 is 0.900 bits per heavy atom. The largest absolute Gasteiger partial charge is 0.543 e. The Bertz CT molecular complexity index is 487. The zero-order valence-corrected chi connectivity index (χ0v) is 17.0. The van der Waals surface area contributed by atoms with Crippen LogP contribution in [-0.4, -0.2) is 8.32 Å². The van der Waals surface area contributed by atoms with Crippen molar-refractivity contribution >= 4 is 24.2 Å². The Kier molecular flexibility index (Phi) is 4.88. The van der Waals surface area contributed by atoms with Gasteiger partial charge in [0.2, 0.25) is 8.32 Å². The van der Waals surface area contributed by atoms with Crippen molar-refractivity contribution in [2.75, 3.05) is 0 Å². The zero-order chi connectivity index (χ0) is 15.9. The predicted octanol–water partition coefficient (Wildman–Crippen LogP) is 6.26. The van der Waals surface area contributed by atoms with Crippen LogP contribution in [0.15, 0.2) is 16.6 Å². The van der Waals surface area contributed by atoms with Gasteiger partial charge in [0, 0.05) is 0 Å². The second-order valence-corrected chi connectivity index (χ2v) is 13.8. The molecule has 0 spiro atoms. The minimum absolute atomic E-state index is 0.0682. The highest BCUT2D eigenvalue weighted by atomic mass is 79.9. The number of benzene rings is 1. The van der Waals surface area contributed by atoms with Crippen LogP contribution in [-0.2, 0) is 10.8 Å². The fourth-order valence-electron chi connectivity index (χ4n) is 1.99. The average molecular weight is 357 g/mol. The van der Waals surface area contributed by atoms with E-state index in [9.17, 15) is 0 Å². The molecule has 0 saturated heterocycles. The summed E-state index contributed by atoms with van der Waals surface area (Å²) in [6, 6.07) is 4.53. The van der Waals surface area contributed by atoms with E-state index in [-0.39, 0.29) is 10.8 Å². The lowest BCUT2D eigenvalue weighted by Crippen LogP contribution is -2.31. The summed E-state index contributed by atoms with van der Waals surface area (Å²) in [5.74, 6) is 1.03. The molecule has 0 N–H and O–H groups in total. The summed E-state index contributed by atoms with van der Waals surface area (Å²) in [4.78, 5) is 0. The first kappa shape index (κ1) is 17.8. The van der Waals surface area contributed by atoms with E-state index in [1.54, 1.807) is 0 Å². The molecule has 114 valence electrons. The van der Waals surface area contributed by atoms with Crippen LogP contribution in [0.25, 0.3) is 0 Å². The summed E-state index contributed by atoms with van der Waals surface area (Å²) in [5.41, 5.74) is 2.84. The van der Waals surface area contributed by atoms with Crippen molar-refractivity contribution in [3.8, 4) is 5.75 Å². The molecule has 0 heterocycles. The van der Waals surface area contributed by atoms with Gasteiger partial charge in [0.15, 0.2) is 0 Å². The summed E-state index contributed by atoms with van der Waals surface area (Å²) in [7, 11) is -1.63. The molecule has 0 bridgehead atoms. The quantitative estimate of drug-likeness (QED) is 0.568. The molecule has 1 nitrogen and oxygen atoms in total. The number of halogens is 1. The molecule has 0 atom stereocenters. The van der Waals surface area contributed by atoms with E-state index in [2.05, 4.69) is 89.2 Å². The highest BCUT2D eigenvalue weighted by Crippen LogP contribution is 2.41. The fraction of sp³-hybridized carbons (Fsp3) is 0.647. The fourth-order valence-corrected chi connectivity index (χ4v) is 3.52. The van der Waals surface area contributed by atoms with E-state index >= 15 is 0 Å². The number of hydrogen-bond donors (Lipinski definition) is 0. The Morgan fingerprint density at radius 3 is 1.75 bits per heavy atom. The van der Waals surface area contributed by atoms with Crippen LogP contribution in [0.4, 0.5) is 0 Å². The second kappa shape index (κ2) is 5.49. The van der Waals surface area contributed by atoms with E-state index in [0.29, 0.717) is 0 Å². The predicted molar refractivity (Wildman–Crippen MR) is 95.5 cm³/mol. The Morgan fingerprint density at radius 2 is 1.40 bits per heavy atom. The van der Waals surface area contributed by atoms with Gasteiger partial charge in [0.05, 0.1) is 4.47 Å². The van der Waals surface area contributed by atoms with Crippen LogP contribution in [0, 0.1) is 0 Å². The lowest BCUT2D eigenvalue weighted by atomic mass is 9.80. The normalized spacial score (nSPS) is 13.5. The first-order chi connectivity index (χ1) is 8.72. The van der Waals surface area contributed by atoms with Gasteiger partial charge in [0.25, 0.3) is 0 Å². The Labute approximate surface area is 134 Å². The van der Waals surface area contributed by atoms with Crippen LogP contribution in [0.2, 0.25) is 19.6 Å². The molecular formula is C17H29BrOSi. The molecule has 0 amide bonds. The van der Waals surface area contributed by atoms with E-state index < -0.39 is 8.32 Å². The molecule has 0 fully saturated rings. The molecule has 0 radical (unpaired) electrons. The van der Waals surface area contributed by atoms with Crippen molar-refractivity contribution in [1.29, 1.82) is 0 Å². The molecule has 0 aliphatic carbocycles. The van der Waals surface area contributed by atoms with Crippen molar-refractivity contribution in [2.45, 2.75) is 72.0 Å². The van der Waals surface area contributed by atoms with Gasteiger partial charge in [-0.3, -0.25) is 0 Å². The minimum atomic E-state index is -1.63. The Balaban J connectivity index is 3.52. The lowest BCUT2D eigenvalue weighted by Gasteiger charge is -2.31. The molecule has 20 heavy (non-hydrogen) atoms. The van der Waals surface area contributed by atoms with Crippen molar-refractivity contribution in [1.82, 2.24) is 0 Å². The van der Waals surface area contributed by atoms with Gasteiger partial charge in [-0.05, 0) is 63.6 Å². The molecule has 1 aromatic carbocycles. The molecule has 0 saturated carbocycles. The SMILES string of the molecule is CC(C)(C)c1cc(Br)c(O[Si](C)(C)C)c(C(C)(C)C)c1. The molecule has 1 rings (SSSR count). The molecule has 0 aromatic heterocycles. The first-order valence-electron chi connectivity index (χ1n) is 7.25. The highest BCUT2D eigenvalue weighted by molar-refractivity contribution is 9.10. The first-order valence-corrected chi connectivity index (χ1v) is 11.5. The molecule has 3 heteroatoms. The third-order valence-electron chi connectivity index (χ3n) is 3.13. The van der Waals surface area contributed by atoms with E-state index in [1.165, 1.54) is 11.1 Å². The Hall–Kier alpha value is -0.283. The highest BCUT2D eigenvalue weighted by Gasteiger charge is 2.28. The van der Waals surface area contributed by atoms with Crippen LogP contribution >= 0.6 is 15.9 Å². The van der Waals surface area contributed by atoms with Crippen molar-refractivity contribution < 1.29 is 4.43 Å². The van der Waals surface area contributed by atoms with Gasteiger partial charge in [-0.2, -0.15) is 0 Å². The van der Waals surface area contributed by atoms with Gasteiger partial charge in [0.1, 0.15) is 5.75 Å². The number of rotatable bonds is 2. The third-order valence-corrected chi connectivity index (χ3v) is 4.53. The lowest BCUT2D eigenvalue weighted by molar-refractivity contribution is 0.500. The topological polar surface area (TPSA) is 9.23 Å². The summed E-state index contributed by atoms with van der Waals surface area (Å²) in [6.45, 7) is 20.2. The average Bonchev–Trinajstić information content (AvgIpc) is 2.15.